The van der Waals surface area contributed by atoms with E-state index in [2.05, 4.69) is 155 Å². The molecule has 0 amide bonds. The number of para-hydroxylation sites is 1. The Balaban J connectivity index is 1.20. The molecular weight excluding hydrogens is 587 g/mol. The Morgan fingerprint density at radius 1 is 0.479 bits per heavy atom. The molecule has 1 aliphatic rings. The van der Waals surface area contributed by atoms with Gasteiger partial charge in [0.1, 0.15) is 11.2 Å². The monoisotopic (exact) mass is 615 g/mol. The summed E-state index contributed by atoms with van der Waals surface area (Å²) in [7, 11) is 0. The molecule has 0 fully saturated rings. The predicted octanol–water partition coefficient (Wildman–Crippen LogP) is 11.1. The SMILES string of the molecule is C1=C(c2ccccc2)NC(n2c3ccc(-c4ccc5oc6ccccc6c5c4)cc3c3cc4ccccc4cc32)N=C1c1ccccc1. The lowest BCUT2D eigenvalue weighted by atomic mass is 10.00. The number of nitrogens with zero attached hydrogens (tertiary/aromatic N) is 2. The van der Waals surface area contributed by atoms with Gasteiger partial charge in [-0.3, -0.25) is 0 Å². The highest BCUT2D eigenvalue weighted by molar-refractivity contribution is 6.15. The maximum atomic E-state index is 6.14. The van der Waals surface area contributed by atoms with E-state index in [4.69, 9.17) is 9.41 Å². The van der Waals surface area contributed by atoms with Crippen LogP contribution in [0.1, 0.15) is 17.4 Å². The summed E-state index contributed by atoms with van der Waals surface area (Å²) in [5.74, 6) is 0. The van der Waals surface area contributed by atoms with Crippen molar-refractivity contribution in [2.45, 2.75) is 6.29 Å². The largest absolute Gasteiger partial charge is 0.456 e. The highest BCUT2D eigenvalue weighted by atomic mass is 16.3. The summed E-state index contributed by atoms with van der Waals surface area (Å²) >= 11 is 0. The van der Waals surface area contributed by atoms with Crippen LogP contribution in [0.3, 0.4) is 0 Å². The molecule has 2 aromatic heterocycles. The van der Waals surface area contributed by atoms with Crippen LogP contribution in [-0.4, -0.2) is 10.3 Å². The van der Waals surface area contributed by atoms with Crippen LogP contribution < -0.4 is 5.32 Å². The van der Waals surface area contributed by atoms with Crippen molar-refractivity contribution in [3.63, 3.8) is 0 Å². The summed E-state index contributed by atoms with van der Waals surface area (Å²) < 4.78 is 8.50. The van der Waals surface area contributed by atoms with Crippen molar-refractivity contribution < 1.29 is 4.42 Å². The second kappa shape index (κ2) is 10.6. The quantitative estimate of drug-likeness (QED) is 0.214. The Morgan fingerprint density at radius 3 is 1.92 bits per heavy atom. The lowest BCUT2D eigenvalue weighted by Gasteiger charge is -2.27. The lowest BCUT2D eigenvalue weighted by molar-refractivity contribution is 0.508. The van der Waals surface area contributed by atoms with Gasteiger partial charge in [0, 0.05) is 27.2 Å². The summed E-state index contributed by atoms with van der Waals surface area (Å²) in [5.41, 5.74) is 10.6. The van der Waals surface area contributed by atoms with Gasteiger partial charge in [-0.1, -0.05) is 115 Å². The van der Waals surface area contributed by atoms with Crippen molar-refractivity contribution in [3.8, 4) is 11.1 Å². The number of fused-ring (bicyclic) bond motifs is 7. The van der Waals surface area contributed by atoms with Gasteiger partial charge < -0.3 is 14.3 Å². The lowest BCUT2D eigenvalue weighted by Crippen LogP contribution is -2.29. The molecule has 1 N–H and O–H groups in total. The molecule has 7 aromatic carbocycles. The van der Waals surface area contributed by atoms with E-state index < -0.39 is 0 Å². The zero-order chi connectivity index (χ0) is 31.6. The number of rotatable bonds is 4. The number of aromatic nitrogens is 1. The van der Waals surface area contributed by atoms with Crippen LogP contribution in [0.25, 0.3) is 71.3 Å². The molecule has 226 valence electrons. The van der Waals surface area contributed by atoms with Gasteiger partial charge in [-0.25, -0.2) is 4.99 Å². The Labute approximate surface area is 276 Å². The fourth-order valence-electron chi connectivity index (χ4n) is 7.28. The minimum absolute atomic E-state index is 0.360. The summed E-state index contributed by atoms with van der Waals surface area (Å²) in [6.45, 7) is 0. The zero-order valence-corrected chi connectivity index (χ0v) is 26.0. The highest BCUT2D eigenvalue weighted by Crippen LogP contribution is 2.39. The first-order valence-electron chi connectivity index (χ1n) is 16.3. The first-order valence-corrected chi connectivity index (χ1v) is 16.3. The Bertz CT molecular complexity index is 2750. The van der Waals surface area contributed by atoms with E-state index in [1.165, 1.54) is 21.5 Å². The molecule has 0 spiro atoms. The Kier molecular flexibility index (Phi) is 5.90. The highest BCUT2D eigenvalue weighted by Gasteiger charge is 2.24. The third-order valence-corrected chi connectivity index (χ3v) is 9.61. The van der Waals surface area contributed by atoms with Crippen LogP contribution in [0.5, 0.6) is 0 Å². The maximum Gasteiger partial charge on any atom is 0.201 e. The number of furan rings is 1. The van der Waals surface area contributed by atoms with E-state index >= 15 is 0 Å². The van der Waals surface area contributed by atoms with Crippen molar-refractivity contribution in [2.24, 2.45) is 4.99 Å². The van der Waals surface area contributed by atoms with Gasteiger partial charge in [0.05, 0.1) is 16.7 Å². The molecule has 1 atom stereocenters. The topological polar surface area (TPSA) is 42.5 Å². The van der Waals surface area contributed by atoms with E-state index in [1.807, 2.05) is 18.2 Å². The van der Waals surface area contributed by atoms with Gasteiger partial charge in [-0.05, 0) is 81.6 Å². The van der Waals surface area contributed by atoms with Crippen LogP contribution in [0.15, 0.2) is 173 Å². The van der Waals surface area contributed by atoms with Gasteiger partial charge in [-0.15, -0.1) is 0 Å². The average Bonchev–Trinajstić information content (AvgIpc) is 3.69. The Hall–Kier alpha value is -6.39. The normalized spacial score (nSPS) is 14.9. The molecule has 1 unspecified atom stereocenters. The third-order valence-electron chi connectivity index (χ3n) is 9.61. The van der Waals surface area contributed by atoms with Gasteiger partial charge in [0.25, 0.3) is 0 Å². The number of hydrogen-bond donors (Lipinski definition) is 1. The van der Waals surface area contributed by atoms with Crippen molar-refractivity contribution in [3.05, 3.63) is 175 Å². The molecule has 0 radical (unpaired) electrons. The summed E-state index contributed by atoms with van der Waals surface area (Å²) in [6, 6.07) is 55.8. The van der Waals surface area contributed by atoms with Gasteiger partial charge in [-0.2, -0.15) is 0 Å². The molecule has 4 heteroatoms. The first kappa shape index (κ1) is 26.8. The zero-order valence-electron chi connectivity index (χ0n) is 26.0. The molecule has 0 saturated heterocycles. The molecule has 0 bridgehead atoms. The average molecular weight is 616 g/mol. The van der Waals surface area contributed by atoms with Gasteiger partial charge in [0.15, 0.2) is 0 Å². The van der Waals surface area contributed by atoms with Gasteiger partial charge in [0.2, 0.25) is 6.29 Å². The van der Waals surface area contributed by atoms with E-state index in [1.54, 1.807) is 0 Å². The fraction of sp³-hybridized carbons (Fsp3) is 0.0227. The number of hydrogen-bond acceptors (Lipinski definition) is 3. The van der Waals surface area contributed by atoms with E-state index in [9.17, 15) is 0 Å². The van der Waals surface area contributed by atoms with Gasteiger partial charge >= 0.3 is 0 Å². The number of allylic oxidation sites excluding steroid dienone is 1. The molecule has 48 heavy (non-hydrogen) atoms. The standard InChI is InChI=1S/C44H29N3O/c1-3-11-28(12-4-1)38-27-39(29-13-5-2-6-14-29)46-44(45-38)47-40-21-19-32(24-35(40)36-23-30-15-7-8-16-31(30)26-41(36)47)33-20-22-43-37(25-33)34-17-9-10-18-42(34)48-43/h1-27,44-45H. The van der Waals surface area contributed by atoms with Crippen LogP contribution in [-0.2, 0) is 0 Å². The summed E-state index contributed by atoms with van der Waals surface area (Å²) in [6.07, 6.45) is 1.80. The first-order chi connectivity index (χ1) is 23.8. The molecule has 10 rings (SSSR count). The molecule has 3 heterocycles. The minimum Gasteiger partial charge on any atom is -0.456 e. The summed E-state index contributed by atoms with van der Waals surface area (Å²) in [4.78, 5) is 5.37. The van der Waals surface area contributed by atoms with Crippen LogP contribution in [0.2, 0.25) is 0 Å². The smallest absolute Gasteiger partial charge is 0.201 e. The van der Waals surface area contributed by atoms with Crippen molar-refractivity contribution in [2.75, 3.05) is 0 Å². The van der Waals surface area contributed by atoms with Crippen molar-refractivity contribution in [1.29, 1.82) is 0 Å². The molecule has 4 nitrogen and oxygen atoms in total. The van der Waals surface area contributed by atoms with Crippen LogP contribution >= 0.6 is 0 Å². The van der Waals surface area contributed by atoms with Crippen LogP contribution in [0.4, 0.5) is 0 Å². The Morgan fingerprint density at radius 2 is 1.10 bits per heavy atom. The predicted molar refractivity (Wildman–Crippen MR) is 199 cm³/mol. The number of aliphatic imine (C=N–C) groups is 1. The van der Waals surface area contributed by atoms with E-state index in [0.717, 1.165) is 66.6 Å². The fourth-order valence-corrected chi connectivity index (χ4v) is 7.28. The minimum atomic E-state index is -0.360. The number of nitrogens with one attached hydrogen (secondary N) is 1. The second-order valence-electron chi connectivity index (χ2n) is 12.5. The maximum absolute atomic E-state index is 6.14. The number of benzene rings is 7. The summed E-state index contributed by atoms with van der Waals surface area (Å²) in [5, 5.41) is 10.9. The second-order valence-corrected chi connectivity index (χ2v) is 12.5. The molecule has 0 saturated carbocycles. The molecule has 9 aromatic rings. The third kappa shape index (κ3) is 4.27. The van der Waals surface area contributed by atoms with Crippen molar-refractivity contribution in [1.82, 2.24) is 9.88 Å². The van der Waals surface area contributed by atoms with E-state index in [0.29, 0.717) is 0 Å². The molecule has 1 aliphatic heterocycles. The van der Waals surface area contributed by atoms with Crippen molar-refractivity contribution >= 4 is 65.9 Å². The molecule has 0 aliphatic carbocycles. The molecular formula is C44H29N3O. The van der Waals surface area contributed by atoms with E-state index in [-0.39, 0.29) is 6.29 Å². The van der Waals surface area contributed by atoms with Crippen LogP contribution in [0, 0.1) is 0 Å².